The molecular weight excluding hydrogens is 494 g/mol. The van der Waals surface area contributed by atoms with Crippen molar-refractivity contribution in [3.05, 3.63) is 83.4 Å². The van der Waals surface area contributed by atoms with Crippen LogP contribution in [-0.4, -0.2) is 26.0 Å². The lowest BCUT2D eigenvalue weighted by molar-refractivity contribution is 0.0977. The predicted molar refractivity (Wildman–Crippen MR) is 148 cm³/mol. The molecule has 7 nitrogen and oxygen atoms in total. The lowest BCUT2D eigenvalue weighted by atomic mass is 10.1. The van der Waals surface area contributed by atoms with Crippen molar-refractivity contribution in [1.29, 1.82) is 0 Å². The van der Waals surface area contributed by atoms with E-state index in [4.69, 9.17) is 17.0 Å². The van der Waals surface area contributed by atoms with E-state index in [1.165, 1.54) is 12.1 Å². The number of rotatable bonds is 9. The zero-order valence-electron chi connectivity index (χ0n) is 20.8. The van der Waals surface area contributed by atoms with E-state index in [-0.39, 0.29) is 15.9 Å². The minimum Gasteiger partial charge on any atom is -0.494 e. The Labute approximate surface area is 218 Å². The van der Waals surface area contributed by atoms with Crippen molar-refractivity contribution in [2.45, 2.75) is 39.0 Å². The molecule has 3 aromatic carbocycles. The minimum absolute atomic E-state index is 0.0926. The smallest absolute Gasteiger partial charge is 0.261 e. The van der Waals surface area contributed by atoms with Gasteiger partial charge in [-0.1, -0.05) is 26.0 Å². The van der Waals surface area contributed by atoms with E-state index in [2.05, 4.69) is 29.2 Å². The zero-order chi connectivity index (χ0) is 26.3. The van der Waals surface area contributed by atoms with Crippen LogP contribution in [0.15, 0.2) is 71.6 Å². The van der Waals surface area contributed by atoms with Crippen molar-refractivity contribution < 1.29 is 17.9 Å². The molecule has 1 amide bonds. The maximum Gasteiger partial charge on any atom is 0.261 e. The van der Waals surface area contributed by atoms with Crippen LogP contribution in [0.5, 0.6) is 5.75 Å². The molecule has 0 bridgehead atoms. The third-order valence-electron chi connectivity index (χ3n) is 5.47. The number of amides is 1. The van der Waals surface area contributed by atoms with Gasteiger partial charge in [0.05, 0.1) is 11.5 Å². The highest BCUT2D eigenvalue weighted by atomic mass is 32.2. The van der Waals surface area contributed by atoms with E-state index >= 15 is 0 Å². The molecule has 0 aliphatic heterocycles. The summed E-state index contributed by atoms with van der Waals surface area (Å²) in [5, 5.41) is 5.62. The number of benzene rings is 3. The van der Waals surface area contributed by atoms with Crippen molar-refractivity contribution in [3.63, 3.8) is 0 Å². The number of nitrogens with one attached hydrogen (secondary N) is 3. The molecule has 0 aromatic heterocycles. The summed E-state index contributed by atoms with van der Waals surface area (Å²) < 4.78 is 33.8. The third-order valence-corrected chi connectivity index (χ3v) is 7.07. The molecule has 3 rings (SSSR count). The highest BCUT2D eigenvalue weighted by Gasteiger charge is 2.15. The molecule has 0 radical (unpaired) electrons. The minimum atomic E-state index is -3.75. The van der Waals surface area contributed by atoms with Crippen LogP contribution < -0.4 is 20.1 Å². The highest BCUT2D eigenvalue weighted by Crippen LogP contribution is 2.20. The standard InChI is InChI=1S/C27H31N3O4S2/c1-18(2)14-15-34-24-7-5-6-21(17-24)26(31)29-27(35)28-22-10-12-25(13-11-22)36(32,33)30-23-9-8-19(3)20(4)16-23/h5-13,16-18,30H,14-15H2,1-4H3,(H2,28,29,31,35). The van der Waals surface area contributed by atoms with Crippen LogP contribution in [0.3, 0.4) is 0 Å². The molecule has 0 aliphatic rings. The van der Waals surface area contributed by atoms with Crippen LogP contribution in [0, 0.1) is 19.8 Å². The van der Waals surface area contributed by atoms with Crippen molar-refractivity contribution in [3.8, 4) is 5.75 Å². The second-order valence-electron chi connectivity index (χ2n) is 8.90. The van der Waals surface area contributed by atoms with Crippen LogP contribution in [-0.2, 0) is 10.0 Å². The molecule has 3 N–H and O–H groups in total. The monoisotopic (exact) mass is 525 g/mol. The number of ether oxygens (including phenoxy) is 1. The normalized spacial score (nSPS) is 11.1. The summed E-state index contributed by atoms with van der Waals surface area (Å²) >= 11 is 5.25. The molecule has 0 aliphatic carbocycles. The first-order chi connectivity index (χ1) is 17.0. The fraction of sp³-hybridized carbons (Fsp3) is 0.259. The molecule has 9 heteroatoms. The average molecular weight is 526 g/mol. The van der Waals surface area contributed by atoms with Gasteiger partial charge in [-0.3, -0.25) is 14.8 Å². The Kier molecular flexibility index (Phi) is 9.06. The topological polar surface area (TPSA) is 96.5 Å². The lowest BCUT2D eigenvalue weighted by Gasteiger charge is -2.12. The number of aryl methyl sites for hydroxylation is 2. The Morgan fingerprint density at radius 1 is 0.944 bits per heavy atom. The quantitative estimate of drug-likeness (QED) is 0.312. The van der Waals surface area contributed by atoms with Gasteiger partial charge in [-0.25, -0.2) is 8.42 Å². The van der Waals surface area contributed by atoms with E-state index in [1.54, 1.807) is 48.5 Å². The van der Waals surface area contributed by atoms with Gasteiger partial charge in [0.25, 0.3) is 15.9 Å². The predicted octanol–water partition coefficient (Wildman–Crippen LogP) is 5.66. The molecule has 0 saturated heterocycles. The summed E-state index contributed by atoms with van der Waals surface area (Å²) in [6, 6.07) is 18.4. The molecule has 190 valence electrons. The van der Waals surface area contributed by atoms with Crippen molar-refractivity contribution in [2.75, 3.05) is 16.6 Å². The molecule has 0 fully saturated rings. The summed E-state index contributed by atoms with van der Waals surface area (Å²) in [6.45, 7) is 8.71. The second kappa shape index (κ2) is 12.0. The van der Waals surface area contributed by atoms with E-state index in [0.717, 1.165) is 17.5 Å². The number of hydrogen-bond donors (Lipinski definition) is 3. The summed E-state index contributed by atoms with van der Waals surface area (Å²) in [4.78, 5) is 12.7. The van der Waals surface area contributed by atoms with E-state index in [0.29, 0.717) is 35.2 Å². The number of hydrogen-bond acceptors (Lipinski definition) is 5. The average Bonchev–Trinajstić information content (AvgIpc) is 2.81. The van der Waals surface area contributed by atoms with Gasteiger partial charge in [0.1, 0.15) is 5.75 Å². The summed E-state index contributed by atoms with van der Waals surface area (Å²) in [5.74, 6) is 0.773. The second-order valence-corrected chi connectivity index (χ2v) is 11.0. The van der Waals surface area contributed by atoms with Crippen LogP contribution in [0.25, 0.3) is 0 Å². The Bertz CT molecular complexity index is 1340. The SMILES string of the molecule is Cc1ccc(NS(=O)(=O)c2ccc(NC(=S)NC(=O)c3cccc(OCCC(C)C)c3)cc2)cc1C. The summed E-state index contributed by atoms with van der Waals surface area (Å²) in [7, 11) is -3.75. The fourth-order valence-electron chi connectivity index (χ4n) is 3.21. The number of carbonyl (C=O) groups is 1. The number of thiocarbonyl (C=S) groups is 1. The van der Waals surface area contributed by atoms with Gasteiger partial charge in [0, 0.05) is 16.9 Å². The maximum absolute atomic E-state index is 12.7. The van der Waals surface area contributed by atoms with Crippen LogP contribution in [0.1, 0.15) is 41.8 Å². The summed E-state index contributed by atoms with van der Waals surface area (Å²) in [6.07, 6.45) is 0.923. The Morgan fingerprint density at radius 2 is 1.64 bits per heavy atom. The van der Waals surface area contributed by atoms with Crippen LogP contribution >= 0.6 is 12.2 Å². The number of carbonyl (C=O) groups excluding carboxylic acids is 1. The maximum atomic E-state index is 12.7. The van der Waals surface area contributed by atoms with Crippen molar-refractivity contribution >= 4 is 44.6 Å². The van der Waals surface area contributed by atoms with Gasteiger partial charge in [-0.05, 0) is 104 Å². The lowest BCUT2D eigenvalue weighted by Crippen LogP contribution is -2.34. The van der Waals surface area contributed by atoms with Gasteiger partial charge >= 0.3 is 0 Å². The first-order valence-electron chi connectivity index (χ1n) is 11.6. The van der Waals surface area contributed by atoms with Gasteiger partial charge in [0.15, 0.2) is 5.11 Å². The first kappa shape index (κ1) is 27.2. The largest absolute Gasteiger partial charge is 0.494 e. The van der Waals surface area contributed by atoms with Gasteiger partial charge in [-0.2, -0.15) is 0 Å². The third kappa shape index (κ3) is 7.79. The fourth-order valence-corrected chi connectivity index (χ4v) is 4.47. The molecule has 0 saturated carbocycles. The molecule has 36 heavy (non-hydrogen) atoms. The Balaban J connectivity index is 1.58. The van der Waals surface area contributed by atoms with E-state index < -0.39 is 10.0 Å². The Morgan fingerprint density at radius 3 is 2.31 bits per heavy atom. The van der Waals surface area contributed by atoms with Gasteiger partial charge in [-0.15, -0.1) is 0 Å². The van der Waals surface area contributed by atoms with Gasteiger partial charge in [0.2, 0.25) is 0 Å². The van der Waals surface area contributed by atoms with Crippen LogP contribution in [0.2, 0.25) is 0 Å². The first-order valence-corrected chi connectivity index (χ1v) is 13.5. The molecule has 0 spiro atoms. The highest BCUT2D eigenvalue weighted by molar-refractivity contribution is 7.92. The molecule has 0 atom stereocenters. The van der Waals surface area contributed by atoms with E-state index in [9.17, 15) is 13.2 Å². The van der Waals surface area contributed by atoms with Gasteiger partial charge < -0.3 is 10.1 Å². The van der Waals surface area contributed by atoms with Crippen molar-refractivity contribution in [1.82, 2.24) is 5.32 Å². The molecule has 3 aromatic rings. The van der Waals surface area contributed by atoms with E-state index in [1.807, 2.05) is 19.9 Å². The Hall–Kier alpha value is -3.43. The van der Waals surface area contributed by atoms with Crippen molar-refractivity contribution in [2.24, 2.45) is 5.92 Å². The molecular formula is C27H31N3O4S2. The summed E-state index contributed by atoms with van der Waals surface area (Å²) in [5.41, 5.74) is 3.53. The zero-order valence-corrected chi connectivity index (χ0v) is 22.4. The number of anilines is 2. The molecule has 0 unspecified atom stereocenters. The van der Waals surface area contributed by atoms with Crippen LogP contribution in [0.4, 0.5) is 11.4 Å². The molecule has 0 heterocycles. The number of sulfonamides is 1.